The summed E-state index contributed by atoms with van der Waals surface area (Å²) in [6.45, 7) is 0.523. The van der Waals surface area contributed by atoms with E-state index in [2.05, 4.69) is 0 Å². The average Bonchev–Trinajstić information content (AvgIpc) is 3.30. The highest BCUT2D eigenvalue weighted by Crippen LogP contribution is 2.48. The molecule has 6 heteroatoms. The third-order valence-electron chi connectivity index (χ3n) is 5.39. The Labute approximate surface area is 156 Å². The molecule has 1 atom stereocenters. The van der Waals surface area contributed by atoms with E-state index < -0.39 is 0 Å². The molecule has 0 N–H and O–H groups in total. The first kappa shape index (κ1) is 16.1. The molecule has 0 saturated carbocycles. The molecule has 2 heterocycles. The van der Waals surface area contributed by atoms with Gasteiger partial charge in [0.2, 0.25) is 6.79 Å². The number of rotatable bonds is 3. The third-order valence-corrected chi connectivity index (χ3v) is 5.39. The molecule has 1 aliphatic carbocycles. The zero-order chi connectivity index (χ0) is 18.5. The van der Waals surface area contributed by atoms with Gasteiger partial charge in [0.15, 0.2) is 23.0 Å². The third kappa shape index (κ3) is 2.36. The minimum absolute atomic E-state index is 0.107. The summed E-state index contributed by atoms with van der Waals surface area (Å²) < 4.78 is 27.3. The fraction of sp³-hybridized carbons (Fsp3) is 0.286. The highest BCUT2D eigenvalue weighted by molar-refractivity contribution is 5.94. The normalized spacial score (nSPS) is 19.5. The SMILES string of the molecule is COc1ccc([C@@H]2C3=C(Cc4cc5c(cc42)OCO5)C(=O)OC3)cc1OC. The van der Waals surface area contributed by atoms with Gasteiger partial charge >= 0.3 is 5.97 Å². The van der Waals surface area contributed by atoms with Crippen molar-refractivity contribution in [2.45, 2.75) is 12.3 Å². The van der Waals surface area contributed by atoms with Gasteiger partial charge in [0, 0.05) is 17.9 Å². The number of fused-ring (bicyclic) bond motifs is 2. The maximum Gasteiger partial charge on any atom is 0.334 e. The number of ether oxygens (including phenoxy) is 5. The number of methoxy groups -OCH3 is 2. The van der Waals surface area contributed by atoms with Crippen LogP contribution in [-0.2, 0) is 16.0 Å². The quantitative estimate of drug-likeness (QED) is 0.779. The smallest absolute Gasteiger partial charge is 0.334 e. The first-order valence-corrected chi connectivity index (χ1v) is 8.73. The zero-order valence-corrected chi connectivity index (χ0v) is 15.0. The van der Waals surface area contributed by atoms with Crippen molar-refractivity contribution in [1.82, 2.24) is 0 Å². The maximum atomic E-state index is 12.3. The zero-order valence-electron chi connectivity index (χ0n) is 15.0. The van der Waals surface area contributed by atoms with Crippen LogP contribution in [-0.4, -0.2) is 33.6 Å². The van der Waals surface area contributed by atoms with Gasteiger partial charge in [-0.25, -0.2) is 4.79 Å². The molecule has 0 saturated heterocycles. The van der Waals surface area contributed by atoms with Gasteiger partial charge in [-0.1, -0.05) is 6.07 Å². The lowest BCUT2D eigenvalue weighted by molar-refractivity contribution is -0.136. The van der Waals surface area contributed by atoms with Gasteiger partial charge in [0.05, 0.1) is 14.2 Å². The van der Waals surface area contributed by atoms with Crippen LogP contribution >= 0.6 is 0 Å². The van der Waals surface area contributed by atoms with Crippen LogP contribution in [0.4, 0.5) is 0 Å². The summed E-state index contributed by atoms with van der Waals surface area (Å²) in [5, 5.41) is 0. The molecule has 2 aliphatic heterocycles. The largest absolute Gasteiger partial charge is 0.493 e. The van der Waals surface area contributed by atoms with Gasteiger partial charge < -0.3 is 23.7 Å². The van der Waals surface area contributed by atoms with Crippen molar-refractivity contribution in [3.8, 4) is 23.0 Å². The van der Waals surface area contributed by atoms with Gasteiger partial charge in [-0.15, -0.1) is 0 Å². The van der Waals surface area contributed by atoms with Crippen molar-refractivity contribution < 1.29 is 28.5 Å². The Kier molecular flexibility index (Phi) is 3.53. The van der Waals surface area contributed by atoms with E-state index in [-0.39, 0.29) is 18.7 Å². The number of hydrogen-bond donors (Lipinski definition) is 0. The number of carbonyl (C=O) groups is 1. The van der Waals surface area contributed by atoms with Crippen LogP contribution in [0.3, 0.4) is 0 Å². The topological polar surface area (TPSA) is 63.2 Å². The van der Waals surface area contributed by atoms with Crippen molar-refractivity contribution in [3.05, 3.63) is 58.2 Å². The van der Waals surface area contributed by atoms with E-state index in [1.807, 2.05) is 30.3 Å². The van der Waals surface area contributed by atoms with Crippen LogP contribution in [0.25, 0.3) is 0 Å². The molecule has 27 heavy (non-hydrogen) atoms. The van der Waals surface area contributed by atoms with Crippen LogP contribution in [0, 0.1) is 0 Å². The van der Waals surface area contributed by atoms with Gasteiger partial charge in [-0.2, -0.15) is 0 Å². The Bertz CT molecular complexity index is 990. The summed E-state index contributed by atoms with van der Waals surface area (Å²) in [7, 11) is 3.22. The summed E-state index contributed by atoms with van der Waals surface area (Å²) in [4.78, 5) is 12.3. The van der Waals surface area contributed by atoms with E-state index in [1.54, 1.807) is 14.2 Å². The fourth-order valence-electron chi connectivity index (χ4n) is 4.10. The maximum absolute atomic E-state index is 12.3. The van der Waals surface area contributed by atoms with Gasteiger partial charge in [-0.3, -0.25) is 0 Å². The predicted octanol–water partition coefficient (Wildman–Crippen LogP) is 2.97. The second-order valence-electron chi connectivity index (χ2n) is 6.71. The standard InChI is InChI=1S/C21H18O6/c1-23-16-4-3-11(6-17(16)24-2)20-13-8-19-18(26-10-27-19)7-12(13)5-14-15(20)9-25-21(14)22/h3-4,6-8,20H,5,9-10H2,1-2H3/t20-/m0/s1. The molecule has 0 fully saturated rings. The minimum atomic E-state index is -0.237. The Morgan fingerprint density at radius 1 is 0.963 bits per heavy atom. The molecular weight excluding hydrogens is 348 g/mol. The molecule has 2 aromatic rings. The van der Waals surface area contributed by atoms with E-state index >= 15 is 0 Å². The lowest BCUT2D eigenvalue weighted by atomic mass is 9.75. The highest BCUT2D eigenvalue weighted by Gasteiger charge is 2.38. The second kappa shape index (κ2) is 5.94. The number of cyclic esters (lactones) is 1. The minimum Gasteiger partial charge on any atom is -0.493 e. The average molecular weight is 366 g/mol. The van der Waals surface area contributed by atoms with Crippen LogP contribution < -0.4 is 18.9 Å². The van der Waals surface area contributed by atoms with Crippen LogP contribution in [0.1, 0.15) is 22.6 Å². The Hall–Kier alpha value is -3.15. The summed E-state index contributed by atoms with van der Waals surface area (Å²) in [5.41, 5.74) is 4.90. The number of benzene rings is 2. The van der Waals surface area contributed by atoms with Crippen molar-refractivity contribution in [2.24, 2.45) is 0 Å². The number of esters is 1. The first-order valence-electron chi connectivity index (χ1n) is 8.73. The fourth-order valence-corrected chi connectivity index (χ4v) is 4.10. The summed E-state index contributed by atoms with van der Waals surface area (Å²) >= 11 is 0. The molecule has 0 bridgehead atoms. The lowest BCUT2D eigenvalue weighted by Crippen LogP contribution is -2.16. The molecule has 3 aliphatic rings. The Balaban J connectivity index is 1.70. The molecule has 5 rings (SSSR count). The second-order valence-corrected chi connectivity index (χ2v) is 6.71. The predicted molar refractivity (Wildman–Crippen MR) is 95.6 cm³/mol. The van der Waals surface area contributed by atoms with Gasteiger partial charge in [-0.05, 0) is 46.5 Å². The van der Waals surface area contributed by atoms with E-state index in [0.29, 0.717) is 24.5 Å². The molecule has 0 unspecified atom stereocenters. The van der Waals surface area contributed by atoms with Crippen molar-refractivity contribution in [3.63, 3.8) is 0 Å². The van der Waals surface area contributed by atoms with E-state index in [1.165, 1.54) is 0 Å². The van der Waals surface area contributed by atoms with Gasteiger partial charge in [0.25, 0.3) is 0 Å². The molecular formula is C21H18O6. The van der Waals surface area contributed by atoms with Crippen molar-refractivity contribution in [2.75, 3.05) is 27.6 Å². The molecule has 0 radical (unpaired) electrons. The van der Waals surface area contributed by atoms with Crippen LogP contribution in [0.5, 0.6) is 23.0 Å². The molecule has 2 aromatic carbocycles. The van der Waals surface area contributed by atoms with E-state index in [0.717, 1.165) is 39.3 Å². The summed E-state index contributed by atoms with van der Waals surface area (Å²) in [6.07, 6.45) is 0.546. The summed E-state index contributed by atoms with van der Waals surface area (Å²) in [5.74, 6) is 2.42. The summed E-state index contributed by atoms with van der Waals surface area (Å²) in [6, 6.07) is 9.83. The van der Waals surface area contributed by atoms with E-state index in [4.69, 9.17) is 23.7 Å². The molecule has 0 spiro atoms. The Morgan fingerprint density at radius 2 is 1.74 bits per heavy atom. The van der Waals surface area contributed by atoms with Gasteiger partial charge in [0.1, 0.15) is 6.61 Å². The van der Waals surface area contributed by atoms with E-state index in [9.17, 15) is 4.79 Å². The monoisotopic (exact) mass is 366 g/mol. The first-order chi connectivity index (χ1) is 13.2. The van der Waals surface area contributed by atoms with Crippen molar-refractivity contribution in [1.29, 1.82) is 0 Å². The number of carbonyl (C=O) groups excluding carboxylic acids is 1. The molecule has 6 nitrogen and oxygen atoms in total. The molecule has 138 valence electrons. The Morgan fingerprint density at radius 3 is 2.52 bits per heavy atom. The number of hydrogen-bond acceptors (Lipinski definition) is 6. The van der Waals surface area contributed by atoms with Crippen molar-refractivity contribution >= 4 is 5.97 Å². The molecule has 0 amide bonds. The highest BCUT2D eigenvalue weighted by atomic mass is 16.7. The molecule has 0 aromatic heterocycles. The van der Waals surface area contributed by atoms with Crippen LogP contribution in [0.2, 0.25) is 0 Å². The lowest BCUT2D eigenvalue weighted by Gasteiger charge is -2.27. The van der Waals surface area contributed by atoms with Crippen LogP contribution in [0.15, 0.2) is 41.5 Å².